The molecule has 2 aromatic carbocycles. The minimum Gasteiger partial charge on any atom is -0.349 e. The van der Waals surface area contributed by atoms with Gasteiger partial charge >= 0.3 is 0 Å². The summed E-state index contributed by atoms with van der Waals surface area (Å²) in [5, 5.41) is 5.89. The molecule has 7 heteroatoms. The molecule has 0 spiro atoms. The molecule has 5 nitrogen and oxygen atoms in total. The first-order valence-corrected chi connectivity index (χ1v) is 10.1. The molecule has 0 radical (unpaired) electrons. The largest absolute Gasteiger partial charge is 0.349 e. The summed E-state index contributed by atoms with van der Waals surface area (Å²) in [6.45, 7) is 0. The van der Waals surface area contributed by atoms with Crippen molar-refractivity contribution >= 4 is 34.8 Å². The number of carbonyl (C=O) groups is 2. The van der Waals surface area contributed by atoms with Gasteiger partial charge in [-0.2, -0.15) is 0 Å². The average Bonchev–Trinajstić information content (AvgIpc) is 2.74. The molecule has 0 saturated heterocycles. The van der Waals surface area contributed by atoms with Gasteiger partial charge in [-0.3, -0.25) is 14.9 Å². The Labute approximate surface area is 175 Å². The van der Waals surface area contributed by atoms with E-state index in [2.05, 4.69) is 10.6 Å². The van der Waals surface area contributed by atoms with Crippen molar-refractivity contribution < 1.29 is 14.0 Å². The molecule has 0 aromatic heterocycles. The van der Waals surface area contributed by atoms with Gasteiger partial charge in [-0.25, -0.2) is 4.39 Å². The third-order valence-corrected chi connectivity index (χ3v) is 5.46. The molecule has 1 fully saturated rings. The van der Waals surface area contributed by atoms with E-state index in [1.807, 2.05) is 6.07 Å². The van der Waals surface area contributed by atoms with E-state index < -0.39 is 11.7 Å². The normalized spacial score (nSPS) is 14.1. The van der Waals surface area contributed by atoms with Crippen molar-refractivity contribution in [1.82, 2.24) is 10.6 Å². The van der Waals surface area contributed by atoms with Crippen LogP contribution in [0, 0.1) is 5.82 Å². The highest BCUT2D eigenvalue weighted by Gasteiger charge is 2.21. The van der Waals surface area contributed by atoms with Gasteiger partial charge in [0.05, 0.1) is 11.3 Å². The van der Waals surface area contributed by atoms with Gasteiger partial charge in [0.2, 0.25) is 0 Å². The molecule has 0 unspecified atom stereocenters. The van der Waals surface area contributed by atoms with Gasteiger partial charge in [0.25, 0.3) is 11.8 Å². The molecule has 152 valence electrons. The van der Waals surface area contributed by atoms with Crippen molar-refractivity contribution in [2.75, 3.05) is 11.9 Å². The fourth-order valence-electron chi connectivity index (χ4n) is 3.43. The third kappa shape index (κ3) is 5.38. The Hall–Kier alpha value is -2.80. The van der Waals surface area contributed by atoms with Crippen LogP contribution in [0.3, 0.4) is 0 Å². The lowest BCUT2D eigenvalue weighted by molar-refractivity contribution is 0.0927. The molecule has 0 atom stereocenters. The molecular formula is C22H24FN3O2S. The van der Waals surface area contributed by atoms with Gasteiger partial charge in [0.15, 0.2) is 5.11 Å². The van der Waals surface area contributed by atoms with Crippen LogP contribution in [0.4, 0.5) is 10.1 Å². The van der Waals surface area contributed by atoms with Crippen LogP contribution in [0.5, 0.6) is 0 Å². The fourth-order valence-corrected chi connectivity index (χ4v) is 3.62. The number of para-hydroxylation sites is 1. The number of hydrogen-bond donors (Lipinski definition) is 2. The fraction of sp³-hybridized carbons (Fsp3) is 0.318. The van der Waals surface area contributed by atoms with E-state index in [-0.39, 0.29) is 17.1 Å². The van der Waals surface area contributed by atoms with Crippen molar-refractivity contribution in [3.05, 3.63) is 65.5 Å². The predicted molar refractivity (Wildman–Crippen MR) is 116 cm³/mol. The Bertz CT molecular complexity index is 895. The van der Waals surface area contributed by atoms with Crippen LogP contribution in [0.2, 0.25) is 0 Å². The number of thiocarbonyl (C=S) groups is 1. The summed E-state index contributed by atoms with van der Waals surface area (Å²) in [6, 6.07) is 12.5. The molecule has 0 heterocycles. The van der Waals surface area contributed by atoms with E-state index in [0.29, 0.717) is 16.8 Å². The zero-order chi connectivity index (χ0) is 20.8. The third-order valence-electron chi connectivity index (χ3n) is 5.08. The molecular weight excluding hydrogens is 389 g/mol. The van der Waals surface area contributed by atoms with Gasteiger partial charge in [0.1, 0.15) is 5.82 Å². The first-order valence-electron chi connectivity index (χ1n) is 9.70. The molecule has 2 N–H and O–H groups in total. The summed E-state index contributed by atoms with van der Waals surface area (Å²) in [6.07, 6.45) is 5.47. The number of benzene rings is 2. The maximum atomic E-state index is 13.0. The standard InChI is InChI=1S/C22H24FN3O2S/c1-26(22(29)25-20(27)15-11-13-16(23)14-12-15)19-10-6-5-9-18(19)21(28)24-17-7-3-2-4-8-17/h5-6,9-14,17H,2-4,7-8H2,1H3,(H,24,28)(H,25,27,29). The van der Waals surface area contributed by atoms with E-state index in [4.69, 9.17) is 12.2 Å². The Morgan fingerprint density at radius 1 is 1.00 bits per heavy atom. The van der Waals surface area contributed by atoms with Crippen LogP contribution in [0.25, 0.3) is 0 Å². The second-order valence-electron chi connectivity index (χ2n) is 7.15. The van der Waals surface area contributed by atoms with Gasteiger partial charge in [-0.1, -0.05) is 31.4 Å². The summed E-state index contributed by atoms with van der Waals surface area (Å²) in [5.41, 5.74) is 1.40. The minimum absolute atomic E-state index is 0.146. The summed E-state index contributed by atoms with van der Waals surface area (Å²) in [5.74, 6) is -1.00. The van der Waals surface area contributed by atoms with Crippen LogP contribution in [0.1, 0.15) is 52.8 Å². The molecule has 29 heavy (non-hydrogen) atoms. The van der Waals surface area contributed by atoms with E-state index >= 15 is 0 Å². The molecule has 0 aliphatic heterocycles. The maximum Gasteiger partial charge on any atom is 0.257 e. The Morgan fingerprint density at radius 3 is 2.34 bits per heavy atom. The first kappa shape index (κ1) is 20.9. The lowest BCUT2D eigenvalue weighted by atomic mass is 9.95. The van der Waals surface area contributed by atoms with Crippen LogP contribution in [-0.2, 0) is 0 Å². The van der Waals surface area contributed by atoms with Crippen molar-refractivity contribution in [1.29, 1.82) is 0 Å². The van der Waals surface area contributed by atoms with Crippen LogP contribution >= 0.6 is 12.2 Å². The molecule has 0 bridgehead atoms. The number of hydrogen-bond acceptors (Lipinski definition) is 3. The maximum absolute atomic E-state index is 13.0. The second kappa shape index (κ2) is 9.60. The summed E-state index contributed by atoms with van der Waals surface area (Å²) in [4.78, 5) is 26.8. The van der Waals surface area contributed by atoms with Crippen molar-refractivity contribution in [3.8, 4) is 0 Å². The topological polar surface area (TPSA) is 61.4 Å². The Morgan fingerprint density at radius 2 is 1.66 bits per heavy atom. The van der Waals surface area contributed by atoms with Gasteiger partial charge < -0.3 is 10.2 Å². The zero-order valence-corrected chi connectivity index (χ0v) is 17.1. The number of nitrogens with zero attached hydrogens (tertiary/aromatic N) is 1. The van der Waals surface area contributed by atoms with Crippen LogP contribution < -0.4 is 15.5 Å². The number of nitrogens with one attached hydrogen (secondary N) is 2. The number of carbonyl (C=O) groups excluding carboxylic acids is 2. The SMILES string of the molecule is CN(C(=S)NC(=O)c1ccc(F)cc1)c1ccccc1C(=O)NC1CCCCC1. The second-order valence-corrected chi connectivity index (χ2v) is 7.54. The predicted octanol–water partition coefficient (Wildman–Crippen LogP) is 4.04. The average molecular weight is 414 g/mol. The van der Waals surface area contributed by atoms with E-state index in [9.17, 15) is 14.0 Å². The molecule has 1 aliphatic carbocycles. The highest BCUT2D eigenvalue weighted by Crippen LogP contribution is 2.22. The van der Waals surface area contributed by atoms with E-state index in [1.165, 1.54) is 30.7 Å². The molecule has 3 rings (SSSR count). The van der Waals surface area contributed by atoms with Crippen LogP contribution in [-0.4, -0.2) is 30.0 Å². The number of halogens is 1. The molecule has 1 aliphatic rings. The summed E-state index contributed by atoms with van der Waals surface area (Å²) >= 11 is 5.36. The number of amides is 2. The zero-order valence-electron chi connectivity index (χ0n) is 16.3. The summed E-state index contributed by atoms with van der Waals surface area (Å²) < 4.78 is 13.0. The molecule has 1 saturated carbocycles. The number of rotatable bonds is 4. The molecule has 2 amide bonds. The first-order chi connectivity index (χ1) is 14.0. The minimum atomic E-state index is -0.439. The van der Waals surface area contributed by atoms with Crippen LogP contribution in [0.15, 0.2) is 48.5 Å². The Balaban J connectivity index is 1.70. The van der Waals surface area contributed by atoms with Crippen molar-refractivity contribution in [2.24, 2.45) is 0 Å². The van der Waals surface area contributed by atoms with Crippen molar-refractivity contribution in [2.45, 2.75) is 38.1 Å². The quantitative estimate of drug-likeness (QED) is 0.743. The van der Waals surface area contributed by atoms with Gasteiger partial charge in [-0.15, -0.1) is 0 Å². The van der Waals surface area contributed by atoms with Crippen molar-refractivity contribution in [3.63, 3.8) is 0 Å². The molecule has 2 aromatic rings. The highest BCUT2D eigenvalue weighted by atomic mass is 32.1. The number of anilines is 1. The smallest absolute Gasteiger partial charge is 0.257 e. The lowest BCUT2D eigenvalue weighted by Gasteiger charge is -2.26. The van der Waals surface area contributed by atoms with E-state index in [0.717, 1.165) is 25.7 Å². The van der Waals surface area contributed by atoms with Gasteiger partial charge in [0, 0.05) is 18.7 Å². The van der Waals surface area contributed by atoms with Gasteiger partial charge in [-0.05, 0) is 61.5 Å². The Kier molecular flexibility index (Phi) is 6.93. The van der Waals surface area contributed by atoms with E-state index in [1.54, 1.807) is 30.1 Å². The monoisotopic (exact) mass is 413 g/mol. The highest BCUT2D eigenvalue weighted by molar-refractivity contribution is 7.80. The lowest BCUT2D eigenvalue weighted by Crippen LogP contribution is -2.42. The summed E-state index contributed by atoms with van der Waals surface area (Å²) in [7, 11) is 1.69.